The lowest BCUT2D eigenvalue weighted by Crippen LogP contribution is -2.17. The van der Waals surface area contributed by atoms with Crippen molar-refractivity contribution in [1.29, 1.82) is 0 Å². The van der Waals surface area contributed by atoms with Gasteiger partial charge in [-0.3, -0.25) is 0 Å². The molecule has 2 aromatic rings. The summed E-state index contributed by atoms with van der Waals surface area (Å²) < 4.78 is 13.2. The maximum absolute atomic E-state index is 13.2. The molecule has 1 fully saturated rings. The van der Waals surface area contributed by atoms with E-state index in [0.29, 0.717) is 11.8 Å². The third-order valence-corrected chi connectivity index (χ3v) is 4.79. The summed E-state index contributed by atoms with van der Waals surface area (Å²) in [5.74, 6) is 0.948. The number of rotatable bonds is 3. The van der Waals surface area contributed by atoms with E-state index in [1.54, 1.807) is 12.1 Å². The van der Waals surface area contributed by atoms with Crippen LogP contribution in [0.25, 0.3) is 0 Å². The second-order valence-electron chi connectivity index (χ2n) is 6.34. The quantitative estimate of drug-likeness (QED) is 0.662. The highest BCUT2D eigenvalue weighted by molar-refractivity contribution is 5.35. The van der Waals surface area contributed by atoms with E-state index < -0.39 is 0 Å². The molecule has 0 aromatic heterocycles. The fourth-order valence-corrected chi connectivity index (χ4v) is 3.65. The first-order valence-corrected chi connectivity index (χ1v) is 8.06. The minimum atomic E-state index is -0.148. The molecule has 1 heteroatoms. The molecule has 21 heavy (non-hydrogen) atoms. The van der Waals surface area contributed by atoms with Crippen LogP contribution < -0.4 is 0 Å². The number of halogens is 1. The zero-order chi connectivity index (χ0) is 14.7. The van der Waals surface area contributed by atoms with Crippen molar-refractivity contribution >= 4 is 0 Å². The number of benzene rings is 2. The van der Waals surface area contributed by atoms with Crippen LogP contribution in [0.2, 0.25) is 0 Å². The monoisotopic (exact) mass is 282 g/mol. The maximum atomic E-state index is 13.2. The highest BCUT2D eigenvalue weighted by atomic mass is 19.1. The third-order valence-electron chi connectivity index (χ3n) is 4.79. The van der Waals surface area contributed by atoms with Crippen molar-refractivity contribution in [3.63, 3.8) is 0 Å². The van der Waals surface area contributed by atoms with E-state index in [4.69, 9.17) is 0 Å². The minimum absolute atomic E-state index is 0.148. The van der Waals surface area contributed by atoms with Crippen molar-refractivity contribution in [2.75, 3.05) is 0 Å². The van der Waals surface area contributed by atoms with Gasteiger partial charge in [-0.05, 0) is 48.9 Å². The van der Waals surface area contributed by atoms with E-state index in [1.165, 1.54) is 48.8 Å². The van der Waals surface area contributed by atoms with Gasteiger partial charge >= 0.3 is 0 Å². The lowest BCUT2D eigenvalue weighted by molar-refractivity contribution is 0.327. The first kappa shape index (κ1) is 14.3. The van der Waals surface area contributed by atoms with Crippen LogP contribution in [0, 0.1) is 18.7 Å². The first-order valence-electron chi connectivity index (χ1n) is 8.06. The van der Waals surface area contributed by atoms with Crippen LogP contribution in [0.5, 0.6) is 0 Å². The van der Waals surface area contributed by atoms with Gasteiger partial charge < -0.3 is 0 Å². The molecule has 1 aliphatic carbocycles. The van der Waals surface area contributed by atoms with Crippen molar-refractivity contribution in [3.05, 3.63) is 71.0 Å². The van der Waals surface area contributed by atoms with Gasteiger partial charge in [0, 0.05) is 5.92 Å². The first-order chi connectivity index (χ1) is 10.2. The average molecular weight is 282 g/mol. The molecule has 0 radical (unpaired) electrons. The Morgan fingerprint density at radius 2 is 1.33 bits per heavy atom. The summed E-state index contributed by atoms with van der Waals surface area (Å²) in [7, 11) is 0. The van der Waals surface area contributed by atoms with E-state index in [1.807, 2.05) is 12.1 Å². The van der Waals surface area contributed by atoms with Gasteiger partial charge in [0.1, 0.15) is 5.82 Å². The van der Waals surface area contributed by atoms with Crippen molar-refractivity contribution in [1.82, 2.24) is 0 Å². The lowest BCUT2D eigenvalue weighted by atomic mass is 9.73. The fraction of sp³-hybridized carbons (Fsp3) is 0.400. The van der Waals surface area contributed by atoms with Crippen LogP contribution >= 0.6 is 0 Å². The lowest BCUT2D eigenvalue weighted by Gasteiger charge is -2.31. The van der Waals surface area contributed by atoms with Gasteiger partial charge in [-0.2, -0.15) is 0 Å². The smallest absolute Gasteiger partial charge is 0.123 e. The highest BCUT2D eigenvalue weighted by Crippen LogP contribution is 2.40. The predicted octanol–water partition coefficient (Wildman–Crippen LogP) is 5.85. The van der Waals surface area contributed by atoms with Crippen LogP contribution in [0.15, 0.2) is 48.5 Å². The summed E-state index contributed by atoms with van der Waals surface area (Å²) in [5.41, 5.74) is 3.92. The molecule has 2 aromatic carbocycles. The van der Waals surface area contributed by atoms with Crippen LogP contribution in [0.1, 0.15) is 54.7 Å². The van der Waals surface area contributed by atoms with Gasteiger partial charge in [0.15, 0.2) is 0 Å². The number of hydrogen-bond donors (Lipinski definition) is 0. The van der Waals surface area contributed by atoms with Crippen LogP contribution in [0.3, 0.4) is 0 Å². The molecule has 0 heterocycles. The molecule has 110 valence electrons. The summed E-state index contributed by atoms with van der Waals surface area (Å²) in [6, 6.07) is 16.0. The van der Waals surface area contributed by atoms with Gasteiger partial charge in [-0.25, -0.2) is 4.39 Å². The molecule has 0 N–H and O–H groups in total. The Bertz CT molecular complexity index is 516. The second kappa shape index (κ2) is 6.43. The molecule has 0 nitrogen and oxygen atoms in total. The number of hydrogen-bond acceptors (Lipinski definition) is 0. The second-order valence-corrected chi connectivity index (χ2v) is 6.34. The summed E-state index contributed by atoms with van der Waals surface area (Å²) in [4.78, 5) is 0. The molecule has 0 amide bonds. The Balaban J connectivity index is 1.97. The molecule has 0 saturated heterocycles. The van der Waals surface area contributed by atoms with Gasteiger partial charge in [0.25, 0.3) is 0 Å². The Labute approximate surface area is 127 Å². The predicted molar refractivity (Wildman–Crippen MR) is 86.0 cm³/mol. The largest absolute Gasteiger partial charge is 0.207 e. The van der Waals surface area contributed by atoms with E-state index in [2.05, 4.69) is 31.2 Å². The topological polar surface area (TPSA) is 0 Å². The van der Waals surface area contributed by atoms with E-state index in [9.17, 15) is 4.39 Å². The van der Waals surface area contributed by atoms with Crippen molar-refractivity contribution in [2.45, 2.75) is 44.9 Å². The maximum Gasteiger partial charge on any atom is 0.123 e. The Morgan fingerprint density at radius 3 is 1.90 bits per heavy atom. The number of aryl methyl sites for hydroxylation is 1. The molecular formula is C20H23F. The van der Waals surface area contributed by atoms with Crippen molar-refractivity contribution < 1.29 is 4.39 Å². The third kappa shape index (κ3) is 3.34. The summed E-state index contributed by atoms with van der Waals surface area (Å²) in [6.07, 6.45) is 6.59. The molecular weight excluding hydrogens is 259 g/mol. The Kier molecular flexibility index (Phi) is 4.38. The summed E-state index contributed by atoms with van der Waals surface area (Å²) in [6.45, 7) is 2.12. The minimum Gasteiger partial charge on any atom is -0.207 e. The van der Waals surface area contributed by atoms with Gasteiger partial charge in [-0.1, -0.05) is 61.2 Å². The molecule has 1 atom stereocenters. The van der Waals surface area contributed by atoms with Crippen LogP contribution in [-0.4, -0.2) is 0 Å². The molecule has 3 rings (SSSR count). The molecule has 0 aliphatic heterocycles. The van der Waals surface area contributed by atoms with E-state index in [-0.39, 0.29) is 5.82 Å². The van der Waals surface area contributed by atoms with Crippen molar-refractivity contribution in [2.24, 2.45) is 5.92 Å². The zero-order valence-corrected chi connectivity index (χ0v) is 12.7. The van der Waals surface area contributed by atoms with E-state index in [0.717, 1.165) is 0 Å². The summed E-state index contributed by atoms with van der Waals surface area (Å²) >= 11 is 0. The highest BCUT2D eigenvalue weighted by Gasteiger charge is 2.26. The fourth-order valence-electron chi connectivity index (χ4n) is 3.65. The van der Waals surface area contributed by atoms with Crippen LogP contribution in [0.4, 0.5) is 4.39 Å². The summed E-state index contributed by atoms with van der Waals surface area (Å²) in [5, 5.41) is 0. The van der Waals surface area contributed by atoms with Gasteiger partial charge in [0.2, 0.25) is 0 Å². The zero-order valence-electron chi connectivity index (χ0n) is 12.7. The van der Waals surface area contributed by atoms with Crippen LogP contribution in [-0.2, 0) is 0 Å². The van der Waals surface area contributed by atoms with E-state index >= 15 is 0 Å². The molecule has 1 unspecified atom stereocenters. The Hall–Kier alpha value is -1.63. The average Bonchev–Trinajstić information content (AvgIpc) is 2.52. The molecule has 1 aliphatic rings. The van der Waals surface area contributed by atoms with Gasteiger partial charge in [0.05, 0.1) is 0 Å². The normalized spacial score (nSPS) is 17.6. The SMILES string of the molecule is Cc1ccc(C(c2ccc(F)cc2)C2CCCCC2)cc1. The Morgan fingerprint density at radius 1 is 0.810 bits per heavy atom. The molecule has 0 spiro atoms. The standard InChI is InChI=1S/C20H23F/c1-15-7-9-17(10-8-15)20(16-5-3-2-4-6-16)18-11-13-19(21)14-12-18/h7-14,16,20H,2-6H2,1H3. The van der Waals surface area contributed by atoms with Crippen molar-refractivity contribution in [3.8, 4) is 0 Å². The molecule has 0 bridgehead atoms. The molecule has 1 saturated carbocycles. The van der Waals surface area contributed by atoms with Gasteiger partial charge in [-0.15, -0.1) is 0 Å².